The van der Waals surface area contributed by atoms with Crippen molar-refractivity contribution in [1.82, 2.24) is 14.5 Å². The van der Waals surface area contributed by atoms with Crippen molar-refractivity contribution in [3.8, 4) is 22.4 Å². The second kappa shape index (κ2) is 9.26. The van der Waals surface area contributed by atoms with Crippen LogP contribution in [-0.2, 0) is 21.6 Å². The van der Waals surface area contributed by atoms with Crippen LogP contribution in [0.4, 0.5) is 26.0 Å². The number of hydrogen-bond donors (Lipinski definition) is 2. The van der Waals surface area contributed by atoms with Gasteiger partial charge in [0.15, 0.2) is 0 Å². The van der Waals surface area contributed by atoms with Gasteiger partial charge in [-0.05, 0) is 48.2 Å². The van der Waals surface area contributed by atoms with Crippen LogP contribution in [-0.4, -0.2) is 36.2 Å². The number of anilines is 2. The molecule has 11 heteroatoms. The molecule has 39 heavy (non-hydrogen) atoms. The first-order chi connectivity index (χ1) is 18.3. The molecule has 0 spiro atoms. The Bertz CT molecular complexity index is 1800. The van der Waals surface area contributed by atoms with Crippen molar-refractivity contribution in [2.24, 2.45) is 16.8 Å². The van der Waals surface area contributed by atoms with E-state index in [1.54, 1.807) is 30.7 Å². The Hall–Kier alpha value is -4.12. The molecule has 2 aromatic carbocycles. The zero-order chi connectivity index (χ0) is 28.3. The standard InChI is InChI=1S/C28H28F2N6O2S/c1-15(2)27(37)34-17-7-8-18(19(29)11-17)24-22(23-25(31)32-14-33-26(23)36(24)5)16-6-9-21(20(30)10-16)35-39(38)12-28(3,4)13-39/h6-11,14H,1,12-13H2,2-5H3,(H,34,37)(H2,31,32,33). The summed E-state index contributed by atoms with van der Waals surface area (Å²) < 4.78 is 49.8. The Balaban J connectivity index is 1.67. The van der Waals surface area contributed by atoms with Crippen LogP contribution in [0.2, 0.25) is 0 Å². The molecule has 3 N–H and O–H groups in total. The summed E-state index contributed by atoms with van der Waals surface area (Å²) in [5.74, 6) is -0.739. The number of rotatable bonds is 5. The van der Waals surface area contributed by atoms with Crippen molar-refractivity contribution < 1.29 is 17.8 Å². The predicted octanol–water partition coefficient (Wildman–Crippen LogP) is 5.82. The highest BCUT2D eigenvalue weighted by atomic mass is 32.2. The summed E-state index contributed by atoms with van der Waals surface area (Å²) in [6, 6.07) is 8.67. The van der Waals surface area contributed by atoms with Crippen molar-refractivity contribution in [2.75, 3.05) is 22.6 Å². The molecule has 1 amide bonds. The van der Waals surface area contributed by atoms with Crippen molar-refractivity contribution in [1.29, 1.82) is 0 Å². The largest absolute Gasteiger partial charge is 0.383 e. The number of carbonyl (C=O) groups is 1. The number of nitrogen functional groups attached to an aromatic ring is 1. The number of nitrogens with two attached hydrogens (primary N) is 1. The molecule has 0 aliphatic carbocycles. The van der Waals surface area contributed by atoms with E-state index in [1.165, 1.54) is 30.6 Å². The lowest BCUT2D eigenvalue weighted by Gasteiger charge is -2.37. The number of fused-ring (bicyclic) bond motifs is 1. The smallest absolute Gasteiger partial charge is 0.250 e. The van der Waals surface area contributed by atoms with Gasteiger partial charge in [0.05, 0.1) is 20.8 Å². The number of amides is 1. The summed E-state index contributed by atoms with van der Waals surface area (Å²) in [4.78, 5) is 20.4. The highest BCUT2D eigenvalue weighted by Gasteiger charge is 2.39. The van der Waals surface area contributed by atoms with Gasteiger partial charge in [-0.2, -0.15) is 4.36 Å². The molecule has 1 aliphatic heterocycles. The Kier molecular flexibility index (Phi) is 6.29. The third kappa shape index (κ3) is 4.78. The molecule has 5 rings (SSSR count). The van der Waals surface area contributed by atoms with Crippen molar-refractivity contribution >= 4 is 43.9 Å². The first kappa shape index (κ1) is 26.5. The fourth-order valence-electron chi connectivity index (χ4n) is 5.05. The van der Waals surface area contributed by atoms with Gasteiger partial charge in [0.1, 0.15) is 35.1 Å². The molecule has 3 heterocycles. The molecule has 1 saturated heterocycles. The summed E-state index contributed by atoms with van der Waals surface area (Å²) in [7, 11) is -0.805. The molecule has 202 valence electrons. The maximum atomic E-state index is 15.6. The van der Waals surface area contributed by atoms with Crippen LogP contribution in [0.3, 0.4) is 0 Å². The second-order valence-electron chi connectivity index (χ2n) is 10.7. The molecule has 1 aliphatic rings. The van der Waals surface area contributed by atoms with E-state index in [0.29, 0.717) is 39.4 Å². The van der Waals surface area contributed by atoms with Crippen molar-refractivity contribution in [3.63, 3.8) is 0 Å². The lowest BCUT2D eigenvalue weighted by Crippen LogP contribution is -2.43. The topological polar surface area (TPSA) is 115 Å². The van der Waals surface area contributed by atoms with Gasteiger partial charge in [0.25, 0.3) is 5.91 Å². The maximum Gasteiger partial charge on any atom is 0.250 e. The van der Waals surface area contributed by atoms with Crippen LogP contribution in [0.1, 0.15) is 20.8 Å². The van der Waals surface area contributed by atoms with Crippen LogP contribution >= 0.6 is 0 Å². The number of aromatic nitrogens is 3. The first-order valence-electron chi connectivity index (χ1n) is 12.2. The molecular formula is C28H28F2N6O2S. The summed E-state index contributed by atoms with van der Waals surface area (Å²) >= 11 is 0. The van der Waals surface area contributed by atoms with Crippen LogP contribution in [0, 0.1) is 17.0 Å². The van der Waals surface area contributed by atoms with Crippen LogP contribution < -0.4 is 11.1 Å². The molecule has 0 radical (unpaired) electrons. The van der Waals surface area contributed by atoms with Crippen LogP contribution in [0.25, 0.3) is 33.4 Å². The number of hydrogen-bond acceptors (Lipinski definition) is 6. The summed E-state index contributed by atoms with van der Waals surface area (Å²) in [5.41, 5.74) is 8.55. The molecule has 0 saturated carbocycles. The van der Waals surface area contributed by atoms with E-state index in [2.05, 4.69) is 26.2 Å². The monoisotopic (exact) mass is 550 g/mol. The molecule has 1 fully saturated rings. The molecule has 4 aromatic rings. The average molecular weight is 551 g/mol. The first-order valence-corrected chi connectivity index (χ1v) is 14.0. The number of benzene rings is 2. The average Bonchev–Trinajstić information content (AvgIpc) is 3.12. The van der Waals surface area contributed by atoms with E-state index < -0.39 is 27.3 Å². The maximum absolute atomic E-state index is 15.6. The number of nitrogens with one attached hydrogen (secondary N) is 1. The molecule has 2 aromatic heterocycles. The van der Waals surface area contributed by atoms with Gasteiger partial charge in [0, 0.05) is 40.9 Å². The fraction of sp³-hybridized carbons (Fsp3) is 0.250. The molecule has 0 atom stereocenters. The summed E-state index contributed by atoms with van der Waals surface area (Å²) in [6.45, 7) is 9.14. The second-order valence-corrected chi connectivity index (χ2v) is 13.0. The zero-order valence-electron chi connectivity index (χ0n) is 22.0. The number of carbonyl (C=O) groups excluding carboxylic acids is 1. The minimum Gasteiger partial charge on any atom is -0.383 e. The van der Waals surface area contributed by atoms with Gasteiger partial charge < -0.3 is 15.6 Å². The van der Waals surface area contributed by atoms with Gasteiger partial charge in [0.2, 0.25) is 0 Å². The van der Waals surface area contributed by atoms with Gasteiger partial charge in [-0.15, -0.1) is 0 Å². The highest BCUT2D eigenvalue weighted by Crippen LogP contribution is 2.44. The fourth-order valence-corrected chi connectivity index (χ4v) is 8.05. The molecule has 0 bridgehead atoms. The molecule has 0 unspecified atom stereocenters. The Labute approximate surface area is 225 Å². The van der Waals surface area contributed by atoms with Crippen LogP contribution in [0.15, 0.2) is 59.2 Å². The van der Waals surface area contributed by atoms with Crippen molar-refractivity contribution in [3.05, 3.63) is 66.5 Å². The minimum absolute atomic E-state index is 0.00838. The zero-order valence-corrected chi connectivity index (χ0v) is 22.8. The van der Waals surface area contributed by atoms with E-state index in [4.69, 9.17) is 5.73 Å². The van der Waals surface area contributed by atoms with Crippen molar-refractivity contribution in [2.45, 2.75) is 20.8 Å². The van der Waals surface area contributed by atoms with Crippen LogP contribution in [0.5, 0.6) is 0 Å². The summed E-state index contributed by atoms with van der Waals surface area (Å²) in [6.07, 6.45) is 1.30. The van der Waals surface area contributed by atoms with Gasteiger partial charge >= 0.3 is 0 Å². The Morgan fingerprint density at radius 1 is 1.15 bits per heavy atom. The lowest BCUT2D eigenvalue weighted by molar-refractivity contribution is -0.112. The van der Waals surface area contributed by atoms with Gasteiger partial charge in [-0.1, -0.05) is 26.5 Å². The Morgan fingerprint density at radius 3 is 2.49 bits per heavy atom. The Morgan fingerprint density at radius 2 is 1.87 bits per heavy atom. The predicted molar refractivity (Wildman–Crippen MR) is 151 cm³/mol. The quantitative estimate of drug-likeness (QED) is 0.304. The number of aryl methyl sites for hydroxylation is 1. The van der Waals surface area contributed by atoms with E-state index in [-0.39, 0.29) is 33.7 Å². The molecular weight excluding hydrogens is 522 g/mol. The minimum atomic E-state index is -2.51. The van der Waals surface area contributed by atoms with E-state index in [0.717, 1.165) is 0 Å². The van der Waals surface area contributed by atoms with Gasteiger partial charge in [-0.3, -0.25) is 4.79 Å². The third-order valence-corrected chi connectivity index (χ3v) is 9.59. The third-order valence-electron chi connectivity index (χ3n) is 6.60. The highest BCUT2D eigenvalue weighted by molar-refractivity contribution is 7.95. The van der Waals surface area contributed by atoms with E-state index in [9.17, 15) is 9.00 Å². The van der Waals surface area contributed by atoms with E-state index >= 15 is 8.78 Å². The number of nitrogens with zero attached hydrogens (tertiary/aromatic N) is 4. The normalized spacial score (nSPS) is 15.5. The SMILES string of the molecule is C=C(C)C(=O)Nc1ccc(-c2c(-c3ccc(N=S4(=O)CC(C)(C)C4)c(F)c3)c3c(N)ncnc3n2C)c(F)c1. The van der Waals surface area contributed by atoms with Gasteiger partial charge in [-0.25, -0.2) is 23.0 Å². The summed E-state index contributed by atoms with van der Waals surface area (Å²) in [5, 5.41) is 3.03. The number of halogens is 2. The lowest BCUT2D eigenvalue weighted by atomic mass is 9.98. The molecule has 8 nitrogen and oxygen atoms in total. The van der Waals surface area contributed by atoms with E-state index in [1.807, 2.05) is 13.8 Å².